The van der Waals surface area contributed by atoms with E-state index in [2.05, 4.69) is 6.08 Å². The number of rotatable bonds is 0. The molecule has 40 valence electrons. The monoisotopic (exact) mass is 107 g/mol. The molecule has 0 aliphatic heterocycles. The average molecular weight is 107 g/mol. The van der Waals surface area contributed by atoms with E-state index in [1.807, 2.05) is 0 Å². The first-order valence-corrected chi connectivity index (χ1v) is 2.15. The minimum absolute atomic E-state index is 0.176. The van der Waals surface area contributed by atoms with Crippen LogP contribution in [-0.2, 0) is 9.59 Å². The molecule has 1 aliphatic carbocycles. The Labute approximate surface area is 46.5 Å². The Bertz CT molecular complexity index is 149. The van der Waals surface area contributed by atoms with Crippen molar-refractivity contribution in [1.29, 1.82) is 0 Å². The molecule has 0 atom stereocenters. The predicted octanol–water partition coefficient (Wildman–Crippen LogP) is 0.0538. The van der Waals surface area contributed by atoms with Crippen molar-refractivity contribution in [3.8, 4) is 0 Å². The second-order valence-corrected chi connectivity index (χ2v) is 1.39. The molecule has 0 saturated carbocycles. The minimum atomic E-state index is -0.246. The van der Waals surface area contributed by atoms with Crippen molar-refractivity contribution in [3.63, 3.8) is 0 Å². The summed E-state index contributed by atoms with van der Waals surface area (Å²) in [7, 11) is 0. The van der Waals surface area contributed by atoms with Crippen LogP contribution in [0, 0.1) is 6.08 Å². The molecule has 0 bridgehead atoms. The molecule has 0 amide bonds. The van der Waals surface area contributed by atoms with Gasteiger partial charge in [0.05, 0.1) is 11.6 Å². The Morgan fingerprint density at radius 1 is 1.25 bits per heavy atom. The normalized spacial score (nSPS) is 17.5. The smallest absolute Gasteiger partial charge is 0.0676 e. The highest BCUT2D eigenvalue weighted by Crippen LogP contribution is 1.89. The quantitative estimate of drug-likeness (QED) is 0.324. The zero-order valence-corrected chi connectivity index (χ0v) is 4.05. The van der Waals surface area contributed by atoms with Crippen molar-refractivity contribution in [2.45, 2.75) is 0 Å². The molecule has 0 fully saturated rings. The average Bonchev–Trinajstić information content (AvgIpc) is 1.77. The van der Waals surface area contributed by atoms with E-state index >= 15 is 0 Å². The summed E-state index contributed by atoms with van der Waals surface area (Å²) < 4.78 is 0. The lowest BCUT2D eigenvalue weighted by molar-refractivity contribution is -0.114. The predicted molar refractivity (Wildman–Crippen MR) is 27.0 cm³/mol. The molecule has 1 rings (SSSR count). The van der Waals surface area contributed by atoms with E-state index in [0.29, 0.717) is 0 Å². The summed E-state index contributed by atoms with van der Waals surface area (Å²) in [6.45, 7) is 0. The van der Waals surface area contributed by atoms with Gasteiger partial charge in [0.15, 0.2) is 0 Å². The number of ketones is 2. The van der Waals surface area contributed by atoms with Crippen molar-refractivity contribution in [1.82, 2.24) is 0 Å². The van der Waals surface area contributed by atoms with Crippen molar-refractivity contribution in [2.75, 3.05) is 0 Å². The molecular weight excluding hydrogens is 104 g/mol. The largest absolute Gasteiger partial charge is 0.367 e. The Morgan fingerprint density at radius 3 is 2.38 bits per heavy atom. The highest BCUT2D eigenvalue weighted by molar-refractivity contribution is 6.12. The standard InChI is InChI=1S/C6H3O2/c7-5-1-2-6(8)4-3-5/h1-3H/q-1. The fourth-order valence-electron chi connectivity index (χ4n) is 0.396. The fraction of sp³-hybridized carbons (Fsp3) is 0. The molecule has 0 aromatic carbocycles. The number of hydrogen-bond acceptors (Lipinski definition) is 2. The Morgan fingerprint density at radius 2 is 2.00 bits per heavy atom. The third kappa shape index (κ3) is 0.904. The first-order chi connectivity index (χ1) is 3.79. The number of carbonyl (C=O) groups is 2. The zero-order chi connectivity index (χ0) is 5.98. The van der Waals surface area contributed by atoms with Gasteiger partial charge in [-0.3, -0.25) is 0 Å². The van der Waals surface area contributed by atoms with Crippen molar-refractivity contribution >= 4 is 11.6 Å². The van der Waals surface area contributed by atoms with Crippen LogP contribution in [0.15, 0.2) is 18.2 Å². The van der Waals surface area contributed by atoms with Crippen molar-refractivity contribution in [3.05, 3.63) is 24.3 Å². The Hall–Kier alpha value is -1.18. The molecule has 0 unspecified atom stereocenters. The van der Waals surface area contributed by atoms with E-state index in [4.69, 9.17) is 0 Å². The maximum absolute atomic E-state index is 10.3. The summed E-state index contributed by atoms with van der Waals surface area (Å²) in [5.41, 5.74) is 0. The third-order valence-electron chi connectivity index (χ3n) is 0.756. The van der Waals surface area contributed by atoms with Crippen LogP contribution >= 0.6 is 0 Å². The first-order valence-electron chi connectivity index (χ1n) is 2.15. The number of hydrogen-bond donors (Lipinski definition) is 0. The van der Waals surface area contributed by atoms with Crippen LogP contribution < -0.4 is 0 Å². The summed E-state index contributed by atoms with van der Waals surface area (Å²) in [6.07, 6.45) is 5.78. The van der Waals surface area contributed by atoms with Gasteiger partial charge in [-0.05, 0) is 0 Å². The van der Waals surface area contributed by atoms with Crippen LogP contribution in [0.1, 0.15) is 0 Å². The van der Waals surface area contributed by atoms with E-state index in [9.17, 15) is 9.59 Å². The highest BCUT2D eigenvalue weighted by Gasteiger charge is 1.86. The molecule has 0 radical (unpaired) electrons. The van der Waals surface area contributed by atoms with E-state index in [0.717, 1.165) is 6.08 Å². The molecule has 0 aromatic rings. The van der Waals surface area contributed by atoms with E-state index in [1.54, 1.807) is 0 Å². The van der Waals surface area contributed by atoms with Crippen LogP contribution in [0.25, 0.3) is 0 Å². The molecule has 1 aliphatic rings. The minimum Gasteiger partial charge on any atom is -0.367 e. The van der Waals surface area contributed by atoms with Crippen LogP contribution in [0.5, 0.6) is 0 Å². The third-order valence-corrected chi connectivity index (χ3v) is 0.756. The van der Waals surface area contributed by atoms with Gasteiger partial charge in [-0.15, -0.1) is 24.3 Å². The fourth-order valence-corrected chi connectivity index (χ4v) is 0.396. The van der Waals surface area contributed by atoms with Gasteiger partial charge in [0.1, 0.15) is 0 Å². The highest BCUT2D eigenvalue weighted by atomic mass is 16.1. The van der Waals surface area contributed by atoms with E-state index < -0.39 is 0 Å². The lowest BCUT2D eigenvalue weighted by Gasteiger charge is -1.98. The molecule has 2 heteroatoms. The molecule has 2 nitrogen and oxygen atoms in total. The van der Waals surface area contributed by atoms with Gasteiger partial charge in [0, 0.05) is 0 Å². The topological polar surface area (TPSA) is 34.1 Å². The number of carbonyl (C=O) groups excluding carboxylic acids is 2. The Kier molecular flexibility index (Phi) is 1.08. The van der Waals surface area contributed by atoms with E-state index in [1.165, 1.54) is 12.2 Å². The molecule has 8 heavy (non-hydrogen) atoms. The van der Waals surface area contributed by atoms with Crippen molar-refractivity contribution < 1.29 is 9.59 Å². The summed E-state index contributed by atoms with van der Waals surface area (Å²) in [4.78, 5) is 20.5. The molecule has 0 aromatic heterocycles. The SMILES string of the molecule is O=C1[C-]=CC(=O)C=C1. The second kappa shape index (κ2) is 1.74. The molecule has 0 N–H and O–H groups in total. The Balaban J connectivity index is 2.83. The molecule has 0 heterocycles. The summed E-state index contributed by atoms with van der Waals surface area (Å²) in [5, 5.41) is 0. The van der Waals surface area contributed by atoms with Gasteiger partial charge in [-0.2, -0.15) is 0 Å². The summed E-state index contributed by atoms with van der Waals surface area (Å²) >= 11 is 0. The van der Waals surface area contributed by atoms with Crippen molar-refractivity contribution in [2.24, 2.45) is 0 Å². The summed E-state index contributed by atoms with van der Waals surface area (Å²) in [5.74, 6) is -0.422. The van der Waals surface area contributed by atoms with Gasteiger partial charge in [-0.25, -0.2) is 0 Å². The van der Waals surface area contributed by atoms with Crippen LogP contribution in [0.2, 0.25) is 0 Å². The first kappa shape index (κ1) is 4.97. The molecule has 0 saturated heterocycles. The van der Waals surface area contributed by atoms with Gasteiger partial charge < -0.3 is 9.59 Å². The van der Waals surface area contributed by atoms with Crippen LogP contribution in [-0.4, -0.2) is 11.6 Å². The van der Waals surface area contributed by atoms with E-state index in [-0.39, 0.29) is 11.6 Å². The zero-order valence-electron chi connectivity index (χ0n) is 4.05. The number of allylic oxidation sites excluding steroid dienone is 4. The van der Waals surface area contributed by atoms with Gasteiger partial charge in [-0.1, -0.05) is 0 Å². The molecular formula is C6H3O2-. The maximum atomic E-state index is 10.3. The van der Waals surface area contributed by atoms with Crippen LogP contribution in [0.4, 0.5) is 0 Å². The summed E-state index contributed by atoms with van der Waals surface area (Å²) in [6, 6.07) is 0. The van der Waals surface area contributed by atoms with Crippen LogP contribution in [0.3, 0.4) is 0 Å². The van der Waals surface area contributed by atoms with Gasteiger partial charge in [0.2, 0.25) is 0 Å². The molecule has 0 spiro atoms. The lowest BCUT2D eigenvalue weighted by Crippen LogP contribution is -1.97. The second-order valence-electron chi connectivity index (χ2n) is 1.39. The lowest BCUT2D eigenvalue weighted by atomic mass is 10.2. The van der Waals surface area contributed by atoms with Gasteiger partial charge in [0.25, 0.3) is 0 Å². The van der Waals surface area contributed by atoms with Gasteiger partial charge >= 0.3 is 0 Å². The maximum Gasteiger partial charge on any atom is 0.0676 e.